The molecule has 0 aliphatic carbocycles. The Kier molecular flexibility index (Phi) is 4.71. The van der Waals surface area contributed by atoms with Gasteiger partial charge in [0.1, 0.15) is 17.8 Å². The Balaban J connectivity index is 1.83. The predicted octanol–water partition coefficient (Wildman–Crippen LogP) is 0.200. The summed E-state index contributed by atoms with van der Waals surface area (Å²) in [5, 5.41) is 8.72. The highest BCUT2D eigenvalue weighted by molar-refractivity contribution is 5.97. The summed E-state index contributed by atoms with van der Waals surface area (Å²) in [6, 6.07) is 6.05. The van der Waals surface area contributed by atoms with Gasteiger partial charge in [0.2, 0.25) is 11.8 Å². The fourth-order valence-electron chi connectivity index (χ4n) is 2.52. The van der Waals surface area contributed by atoms with E-state index in [-0.39, 0.29) is 23.4 Å². The Labute approximate surface area is 152 Å². The lowest BCUT2D eigenvalue weighted by Crippen LogP contribution is -2.21. The Morgan fingerprint density at radius 2 is 1.93 bits per heavy atom. The number of anilines is 1. The summed E-state index contributed by atoms with van der Waals surface area (Å²) in [5.41, 5.74) is 5.87. The van der Waals surface area contributed by atoms with Gasteiger partial charge >= 0.3 is 5.97 Å². The number of hydrogen-bond acceptors (Lipinski definition) is 6. The van der Waals surface area contributed by atoms with E-state index >= 15 is 0 Å². The van der Waals surface area contributed by atoms with E-state index < -0.39 is 23.3 Å². The molecule has 10 nitrogen and oxygen atoms in total. The van der Waals surface area contributed by atoms with E-state index in [1.54, 1.807) is 0 Å². The van der Waals surface area contributed by atoms with E-state index in [2.05, 4.69) is 15.5 Å². The van der Waals surface area contributed by atoms with Crippen LogP contribution in [0.3, 0.4) is 0 Å². The molecule has 1 aromatic carbocycles. The lowest BCUT2D eigenvalue weighted by Gasteiger charge is -2.12. The fourth-order valence-corrected chi connectivity index (χ4v) is 2.52. The van der Waals surface area contributed by atoms with E-state index in [1.807, 2.05) is 0 Å². The van der Waals surface area contributed by atoms with Gasteiger partial charge in [0.25, 0.3) is 5.56 Å². The molecule has 0 bridgehead atoms. The molecule has 10 heteroatoms. The van der Waals surface area contributed by atoms with Gasteiger partial charge in [-0.2, -0.15) is 5.10 Å². The number of esters is 1. The number of benzene rings is 1. The van der Waals surface area contributed by atoms with Gasteiger partial charge in [-0.1, -0.05) is 0 Å². The van der Waals surface area contributed by atoms with Crippen molar-refractivity contribution in [1.29, 1.82) is 0 Å². The molecule has 0 spiro atoms. The normalized spacial score (nSPS) is 10.6. The van der Waals surface area contributed by atoms with Crippen LogP contribution in [0.25, 0.3) is 11.3 Å². The maximum absolute atomic E-state index is 12.3. The summed E-state index contributed by atoms with van der Waals surface area (Å²) in [6.07, 6.45) is 2.80. The summed E-state index contributed by atoms with van der Waals surface area (Å²) >= 11 is 0. The second-order valence-corrected chi connectivity index (χ2v) is 5.64. The number of aromatic amines is 1. The average molecular weight is 369 g/mol. The van der Waals surface area contributed by atoms with Crippen LogP contribution in [-0.2, 0) is 16.1 Å². The van der Waals surface area contributed by atoms with Gasteiger partial charge in [-0.25, -0.2) is 9.89 Å². The fraction of sp³-hybridized carbons (Fsp3) is 0.118. The van der Waals surface area contributed by atoms with Gasteiger partial charge in [-0.3, -0.25) is 14.4 Å². The largest absolute Gasteiger partial charge is 0.465 e. The molecule has 3 rings (SSSR count). The summed E-state index contributed by atoms with van der Waals surface area (Å²) in [4.78, 5) is 47.1. The molecule has 0 radical (unpaired) electrons. The number of nitrogens with two attached hydrogens (primary N) is 1. The second kappa shape index (κ2) is 7.12. The lowest BCUT2D eigenvalue weighted by atomic mass is 10.1. The SMILES string of the molecule is COC(=O)c1cn(CC(=O)Nc2ccc(C(N)=O)cc2)cc2c(=O)[nH]nc1-2. The first-order valence-corrected chi connectivity index (χ1v) is 7.75. The smallest absolute Gasteiger partial charge is 0.341 e. The van der Waals surface area contributed by atoms with E-state index in [1.165, 1.54) is 48.3 Å². The minimum absolute atomic E-state index is 0.0620. The van der Waals surface area contributed by atoms with Crippen LogP contribution < -0.4 is 16.6 Å². The molecule has 0 saturated carbocycles. The van der Waals surface area contributed by atoms with Crippen LogP contribution in [0, 0.1) is 0 Å². The van der Waals surface area contributed by atoms with Gasteiger partial charge in [-0.15, -0.1) is 0 Å². The van der Waals surface area contributed by atoms with Crippen LogP contribution >= 0.6 is 0 Å². The number of primary amides is 1. The molecule has 2 aliphatic heterocycles. The van der Waals surface area contributed by atoms with Crippen molar-refractivity contribution < 1.29 is 19.1 Å². The van der Waals surface area contributed by atoms with Crippen LogP contribution in [0.2, 0.25) is 0 Å². The van der Waals surface area contributed by atoms with Gasteiger partial charge in [-0.05, 0) is 24.3 Å². The number of methoxy groups -OCH3 is 1. The minimum atomic E-state index is -0.678. The molecule has 0 atom stereocenters. The van der Waals surface area contributed by atoms with Gasteiger partial charge < -0.3 is 20.4 Å². The van der Waals surface area contributed by atoms with Crippen molar-refractivity contribution in [3.8, 4) is 11.3 Å². The zero-order chi connectivity index (χ0) is 19.6. The van der Waals surface area contributed by atoms with E-state index in [9.17, 15) is 19.2 Å². The van der Waals surface area contributed by atoms with E-state index in [4.69, 9.17) is 10.5 Å². The molecule has 0 fully saturated rings. The topological polar surface area (TPSA) is 149 Å². The molecule has 2 amide bonds. The Morgan fingerprint density at radius 3 is 2.56 bits per heavy atom. The number of carbonyl (C=O) groups excluding carboxylic acids is 3. The maximum atomic E-state index is 12.3. The van der Waals surface area contributed by atoms with Crippen LogP contribution in [0.5, 0.6) is 0 Å². The van der Waals surface area contributed by atoms with Crippen LogP contribution in [0.15, 0.2) is 41.5 Å². The Bertz CT molecular complexity index is 1050. The van der Waals surface area contributed by atoms with Crippen molar-refractivity contribution in [2.45, 2.75) is 6.54 Å². The Hall–Kier alpha value is -3.95. The number of fused-ring (bicyclic) bond motifs is 1. The number of hydrogen-bond donors (Lipinski definition) is 3. The number of rotatable bonds is 5. The Morgan fingerprint density at radius 1 is 1.22 bits per heavy atom. The molecule has 1 aromatic rings. The first-order valence-electron chi connectivity index (χ1n) is 7.75. The van der Waals surface area contributed by atoms with Crippen molar-refractivity contribution in [3.63, 3.8) is 0 Å². The number of ether oxygens (including phenoxy) is 1. The average Bonchev–Trinajstić information content (AvgIpc) is 3.02. The molecule has 27 heavy (non-hydrogen) atoms. The lowest BCUT2D eigenvalue weighted by molar-refractivity contribution is -0.116. The summed E-state index contributed by atoms with van der Waals surface area (Å²) in [5.74, 6) is -1.65. The monoisotopic (exact) mass is 369 g/mol. The third kappa shape index (κ3) is 3.68. The molecule has 138 valence electrons. The maximum Gasteiger partial charge on any atom is 0.341 e. The summed E-state index contributed by atoms with van der Waals surface area (Å²) in [6.45, 7) is -0.165. The minimum Gasteiger partial charge on any atom is -0.465 e. The highest BCUT2D eigenvalue weighted by atomic mass is 16.5. The second-order valence-electron chi connectivity index (χ2n) is 5.64. The number of H-pyrrole nitrogens is 1. The zero-order valence-corrected chi connectivity index (χ0v) is 14.2. The molecular weight excluding hydrogens is 354 g/mol. The molecular formula is C17H15N5O5. The van der Waals surface area contributed by atoms with Crippen molar-refractivity contribution in [2.24, 2.45) is 5.73 Å². The van der Waals surface area contributed by atoms with Crippen molar-refractivity contribution >= 4 is 23.5 Å². The van der Waals surface area contributed by atoms with E-state index in [0.29, 0.717) is 11.3 Å². The third-order valence-electron chi connectivity index (χ3n) is 3.80. The van der Waals surface area contributed by atoms with Crippen molar-refractivity contribution in [1.82, 2.24) is 14.8 Å². The molecule has 0 saturated heterocycles. The quantitative estimate of drug-likeness (QED) is 0.547. The van der Waals surface area contributed by atoms with Crippen LogP contribution in [-0.4, -0.2) is 39.7 Å². The van der Waals surface area contributed by atoms with Gasteiger partial charge in [0.05, 0.1) is 12.7 Å². The highest BCUT2D eigenvalue weighted by Crippen LogP contribution is 2.20. The third-order valence-corrected chi connectivity index (χ3v) is 3.80. The molecule has 2 heterocycles. The van der Waals surface area contributed by atoms with Gasteiger partial charge in [0, 0.05) is 23.6 Å². The van der Waals surface area contributed by atoms with Crippen molar-refractivity contribution in [3.05, 3.63) is 58.1 Å². The number of amides is 2. The molecule has 0 unspecified atom stereocenters. The zero-order valence-electron chi connectivity index (χ0n) is 14.2. The highest BCUT2D eigenvalue weighted by Gasteiger charge is 2.22. The van der Waals surface area contributed by atoms with E-state index in [0.717, 1.165) is 0 Å². The van der Waals surface area contributed by atoms with Crippen LogP contribution in [0.4, 0.5) is 5.69 Å². The number of nitrogens with zero attached hydrogens (tertiary/aromatic N) is 2. The number of carbonyl (C=O) groups is 3. The van der Waals surface area contributed by atoms with Crippen molar-refractivity contribution in [2.75, 3.05) is 12.4 Å². The van der Waals surface area contributed by atoms with Gasteiger partial charge in [0.15, 0.2) is 0 Å². The summed E-state index contributed by atoms with van der Waals surface area (Å²) < 4.78 is 6.08. The first-order chi connectivity index (χ1) is 12.9. The standard InChI is InChI=1S/C17H15N5O5/c1-27-17(26)12-7-22(6-11-14(12)20-21-16(11)25)8-13(23)19-10-4-2-9(3-5-10)15(18)24/h2-7H,8H2,1H3,(H2,18,24)(H,19,23)(H,21,25). The number of nitrogens with one attached hydrogen (secondary N) is 2. The predicted molar refractivity (Wildman–Crippen MR) is 94.4 cm³/mol. The molecule has 2 aliphatic rings. The molecule has 4 N–H and O–H groups in total. The number of pyridine rings is 1. The van der Waals surface area contributed by atoms with Crippen LogP contribution in [0.1, 0.15) is 20.7 Å². The molecule has 0 aromatic heterocycles. The summed E-state index contributed by atoms with van der Waals surface area (Å²) in [7, 11) is 1.21. The number of aromatic nitrogens is 3. The first kappa shape index (κ1) is 17.9.